The van der Waals surface area contributed by atoms with E-state index in [1.807, 2.05) is 6.07 Å². The third-order valence-corrected chi connectivity index (χ3v) is 4.45. The Kier molecular flexibility index (Phi) is 3.74. The highest BCUT2D eigenvalue weighted by Crippen LogP contribution is 2.47. The molecule has 2 aliphatic rings. The van der Waals surface area contributed by atoms with E-state index in [0.29, 0.717) is 0 Å². The zero-order valence-corrected chi connectivity index (χ0v) is 11.4. The molecule has 2 saturated carbocycles. The van der Waals surface area contributed by atoms with E-state index in [0.717, 1.165) is 37.7 Å². The smallest absolute Gasteiger partial charge is 0.223 e. The molecule has 1 aromatic carbocycles. The van der Waals surface area contributed by atoms with Gasteiger partial charge in [0.15, 0.2) is 0 Å². The minimum absolute atomic E-state index is 0.0105. The zero-order chi connectivity index (χ0) is 14.1. The van der Waals surface area contributed by atoms with Crippen molar-refractivity contribution in [3.8, 4) is 0 Å². The monoisotopic (exact) mass is 277 g/mol. The maximum absolute atomic E-state index is 13.2. The number of hydrogen-bond acceptors (Lipinski definition) is 2. The highest BCUT2D eigenvalue weighted by atomic mass is 19.1. The fourth-order valence-electron chi connectivity index (χ4n) is 3.12. The van der Waals surface area contributed by atoms with Crippen LogP contribution >= 0.6 is 0 Å². The Morgan fingerprint density at radius 3 is 2.70 bits per heavy atom. The average Bonchev–Trinajstić information content (AvgIpc) is 3.22. The summed E-state index contributed by atoms with van der Waals surface area (Å²) in [5, 5.41) is 12.5. The molecule has 0 radical (unpaired) electrons. The first-order valence-corrected chi connectivity index (χ1v) is 7.37. The third-order valence-electron chi connectivity index (χ3n) is 4.45. The molecule has 0 bridgehead atoms. The predicted molar refractivity (Wildman–Crippen MR) is 73.7 cm³/mol. The van der Waals surface area contributed by atoms with Gasteiger partial charge in [-0.2, -0.15) is 0 Å². The Hall–Kier alpha value is -1.42. The summed E-state index contributed by atoms with van der Waals surface area (Å²) < 4.78 is 13.2. The van der Waals surface area contributed by atoms with Crippen LogP contribution in [0.15, 0.2) is 24.3 Å². The molecule has 0 spiro atoms. The van der Waals surface area contributed by atoms with Crippen LogP contribution < -0.4 is 5.32 Å². The van der Waals surface area contributed by atoms with Crippen molar-refractivity contribution in [2.45, 2.75) is 50.2 Å². The van der Waals surface area contributed by atoms with Crippen molar-refractivity contribution < 1.29 is 14.3 Å². The Bertz CT molecular complexity index is 497. The second-order valence-corrected chi connectivity index (χ2v) is 6.02. The Balaban J connectivity index is 1.53. The molecule has 3 rings (SSSR count). The molecule has 2 atom stereocenters. The van der Waals surface area contributed by atoms with E-state index >= 15 is 0 Å². The molecule has 2 N–H and O–H groups in total. The molecule has 0 heterocycles. The fraction of sp³-hybridized carbons (Fsp3) is 0.562. The van der Waals surface area contributed by atoms with Crippen LogP contribution in [0.1, 0.15) is 43.6 Å². The maximum Gasteiger partial charge on any atom is 0.223 e. The summed E-state index contributed by atoms with van der Waals surface area (Å²) in [6.45, 7) is 0. The normalized spacial score (nSPS) is 32.7. The maximum atomic E-state index is 13.2. The van der Waals surface area contributed by atoms with Crippen molar-refractivity contribution in [1.82, 2.24) is 5.32 Å². The number of benzene rings is 1. The second kappa shape index (κ2) is 5.52. The van der Waals surface area contributed by atoms with E-state index in [2.05, 4.69) is 5.32 Å². The third kappa shape index (κ3) is 3.01. The van der Waals surface area contributed by atoms with Gasteiger partial charge in [-0.1, -0.05) is 12.1 Å². The van der Waals surface area contributed by atoms with E-state index in [1.54, 1.807) is 6.07 Å². The van der Waals surface area contributed by atoms with Crippen LogP contribution in [0.25, 0.3) is 0 Å². The summed E-state index contributed by atoms with van der Waals surface area (Å²) in [5.74, 6) is -0.000918. The molecule has 2 unspecified atom stereocenters. The van der Waals surface area contributed by atoms with Crippen molar-refractivity contribution in [3.63, 3.8) is 0 Å². The minimum Gasteiger partial charge on any atom is -0.393 e. The second-order valence-electron chi connectivity index (χ2n) is 6.02. The average molecular weight is 277 g/mol. The quantitative estimate of drug-likeness (QED) is 0.891. The van der Waals surface area contributed by atoms with Crippen LogP contribution in [0.4, 0.5) is 4.39 Å². The van der Waals surface area contributed by atoms with Crippen molar-refractivity contribution in [3.05, 3.63) is 35.6 Å². The number of carbonyl (C=O) groups excluding carboxylic acids is 1. The largest absolute Gasteiger partial charge is 0.393 e. The molecule has 2 fully saturated rings. The van der Waals surface area contributed by atoms with Crippen molar-refractivity contribution in [1.29, 1.82) is 0 Å². The highest BCUT2D eigenvalue weighted by Gasteiger charge is 2.44. The summed E-state index contributed by atoms with van der Waals surface area (Å²) in [6.07, 6.45) is 3.84. The lowest BCUT2D eigenvalue weighted by atomic mass is 9.93. The molecule has 1 amide bonds. The van der Waals surface area contributed by atoms with Crippen molar-refractivity contribution in [2.24, 2.45) is 5.92 Å². The van der Waals surface area contributed by atoms with Crippen LogP contribution in [-0.2, 0) is 4.79 Å². The first-order chi connectivity index (χ1) is 9.63. The van der Waals surface area contributed by atoms with Gasteiger partial charge < -0.3 is 10.4 Å². The van der Waals surface area contributed by atoms with Gasteiger partial charge in [-0.25, -0.2) is 4.39 Å². The molecule has 3 nitrogen and oxygen atoms in total. The standard InChI is InChI=1S/C16H20FNO2/c17-11-3-1-2-10(8-11)14-9-15(14)16(20)18-12-4-6-13(19)7-5-12/h1-3,8,12-15,19H,4-7,9H2,(H,18,20). The molecule has 0 saturated heterocycles. The van der Waals surface area contributed by atoms with Gasteiger partial charge in [0, 0.05) is 12.0 Å². The van der Waals surface area contributed by atoms with Gasteiger partial charge in [-0.05, 0) is 55.7 Å². The summed E-state index contributed by atoms with van der Waals surface area (Å²) in [4.78, 5) is 12.2. The highest BCUT2D eigenvalue weighted by molar-refractivity contribution is 5.83. The van der Waals surface area contributed by atoms with Gasteiger partial charge in [0.05, 0.1) is 6.10 Å². The number of aliphatic hydroxyl groups excluding tert-OH is 1. The lowest BCUT2D eigenvalue weighted by Crippen LogP contribution is -2.39. The molecule has 2 aliphatic carbocycles. The number of amides is 1. The lowest BCUT2D eigenvalue weighted by molar-refractivity contribution is -0.123. The Morgan fingerprint density at radius 2 is 2.00 bits per heavy atom. The van der Waals surface area contributed by atoms with Crippen LogP contribution in [0.3, 0.4) is 0 Å². The zero-order valence-electron chi connectivity index (χ0n) is 11.4. The number of halogens is 1. The number of aliphatic hydroxyl groups is 1. The van der Waals surface area contributed by atoms with E-state index in [1.165, 1.54) is 12.1 Å². The lowest BCUT2D eigenvalue weighted by Gasteiger charge is -2.26. The van der Waals surface area contributed by atoms with Gasteiger partial charge in [-0.15, -0.1) is 0 Å². The number of nitrogens with one attached hydrogen (secondary N) is 1. The van der Waals surface area contributed by atoms with Gasteiger partial charge in [0.1, 0.15) is 5.82 Å². The first-order valence-electron chi connectivity index (χ1n) is 7.37. The molecule has 0 aromatic heterocycles. The number of hydrogen-bond donors (Lipinski definition) is 2. The molecule has 108 valence electrons. The summed E-state index contributed by atoms with van der Waals surface area (Å²) in [6, 6.07) is 6.72. The minimum atomic E-state index is -0.241. The van der Waals surface area contributed by atoms with Gasteiger partial charge in [0.25, 0.3) is 0 Å². The van der Waals surface area contributed by atoms with Gasteiger partial charge in [0.2, 0.25) is 5.91 Å². The number of carbonyl (C=O) groups is 1. The van der Waals surface area contributed by atoms with Gasteiger partial charge >= 0.3 is 0 Å². The number of rotatable bonds is 3. The van der Waals surface area contributed by atoms with Crippen LogP contribution in [0.2, 0.25) is 0 Å². The molecular formula is C16H20FNO2. The molecule has 20 heavy (non-hydrogen) atoms. The summed E-state index contributed by atoms with van der Waals surface area (Å²) in [7, 11) is 0. The van der Waals surface area contributed by atoms with Crippen LogP contribution in [0, 0.1) is 11.7 Å². The molecule has 0 aliphatic heterocycles. The Morgan fingerprint density at radius 1 is 1.25 bits per heavy atom. The summed E-state index contributed by atoms with van der Waals surface area (Å²) in [5.41, 5.74) is 0.921. The van der Waals surface area contributed by atoms with E-state index in [9.17, 15) is 14.3 Å². The fourth-order valence-corrected chi connectivity index (χ4v) is 3.12. The van der Waals surface area contributed by atoms with E-state index in [-0.39, 0.29) is 35.7 Å². The molecule has 1 aromatic rings. The molecule has 4 heteroatoms. The van der Waals surface area contributed by atoms with E-state index in [4.69, 9.17) is 0 Å². The molecular weight excluding hydrogens is 257 g/mol. The predicted octanol–water partition coefficient (Wildman–Crippen LogP) is 2.35. The Labute approximate surface area is 118 Å². The SMILES string of the molecule is O=C(NC1CCC(O)CC1)C1CC1c1cccc(F)c1. The topological polar surface area (TPSA) is 49.3 Å². The van der Waals surface area contributed by atoms with Crippen LogP contribution in [0.5, 0.6) is 0 Å². The first kappa shape index (κ1) is 13.6. The van der Waals surface area contributed by atoms with Gasteiger partial charge in [-0.3, -0.25) is 4.79 Å². The van der Waals surface area contributed by atoms with E-state index < -0.39 is 0 Å². The van der Waals surface area contributed by atoms with Crippen molar-refractivity contribution in [2.75, 3.05) is 0 Å². The van der Waals surface area contributed by atoms with Crippen LogP contribution in [-0.4, -0.2) is 23.2 Å². The van der Waals surface area contributed by atoms with Crippen molar-refractivity contribution >= 4 is 5.91 Å². The summed E-state index contributed by atoms with van der Waals surface area (Å²) >= 11 is 0.